The van der Waals surface area contributed by atoms with E-state index in [-0.39, 0.29) is 5.91 Å². The standard InChI is InChI=1S/C24H22BrN3O4S/c1-28-10-9-15-19(12-28)33-23-20(15)22(29)26-21(27-23)13-7-8-17(18(11-13)31-2)32-24(30)14-5-3-4-6-16(14)25/h3-8,11,21,27H,9-10,12H2,1-2H3,(H,26,29)/t21-/m0/s1. The zero-order chi connectivity index (χ0) is 23.1. The molecule has 170 valence electrons. The van der Waals surface area contributed by atoms with E-state index in [1.54, 1.807) is 41.7 Å². The number of likely N-dealkylation sites (N-methyl/N-ethyl adjacent to an activating group) is 1. The minimum atomic E-state index is -0.489. The number of nitrogens with zero attached hydrogens (tertiary/aromatic N) is 1. The van der Waals surface area contributed by atoms with Gasteiger partial charge in [0.05, 0.1) is 18.2 Å². The number of halogens is 1. The molecule has 2 aliphatic rings. The number of rotatable bonds is 4. The highest BCUT2D eigenvalue weighted by Crippen LogP contribution is 2.41. The van der Waals surface area contributed by atoms with Gasteiger partial charge in [-0.2, -0.15) is 0 Å². The number of ether oxygens (including phenoxy) is 2. The van der Waals surface area contributed by atoms with E-state index in [2.05, 4.69) is 38.5 Å². The molecule has 3 aromatic rings. The number of methoxy groups -OCH3 is 1. The van der Waals surface area contributed by atoms with Crippen LogP contribution in [0.3, 0.4) is 0 Å². The van der Waals surface area contributed by atoms with Crippen molar-refractivity contribution >= 4 is 44.1 Å². The Balaban J connectivity index is 1.39. The fraction of sp³-hybridized carbons (Fsp3) is 0.250. The van der Waals surface area contributed by atoms with Crippen molar-refractivity contribution in [3.05, 3.63) is 74.1 Å². The summed E-state index contributed by atoms with van der Waals surface area (Å²) in [5, 5.41) is 7.41. The zero-order valence-corrected chi connectivity index (χ0v) is 20.5. The van der Waals surface area contributed by atoms with Crippen LogP contribution in [0.5, 0.6) is 11.5 Å². The van der Waals surface area contributed by atoms with Crippen molar-refractivity contribution in [3.63, 3.8) is 0 Å². The smallest absolute Gasteiger partial charge is 0.344 e. The summed E-state index contributed by atoms with van der Waals surface area (Å²) >= 11 is 5.02. The Morgan fingerprint density at radius 1 is 1.18 bits per heavy atom. The van der Waals surface area contributed by atoms with Gasteiger partial charge in [-0.15, -0.1) is 11.3 Å². The quantitative estimate of drug-likeness (QED) is 0.381. The first kappa shape index (κ1) is 21.9. The molecule has 9 heteroatoms. The second-order valence-electron chi connectivity index (χ2n) is 8.03. The van der Waals surface area contributed by atoms with Crippen LogP contribution in [0.4, 0.5) is 5.00 Å². The van der Waals surface area contributed by atoms with Gasteiger partial charge in [0.15, 0.2) is 11.5 Å². The molecular weight excluding hydrogens is 506 g/mol. The zero-order valence-electron chi connectivity index (χ0n) is 18.1. The lowest BCUT2D eigenvalue weighted by atomic mass is 10.0. The van der Waals surface area contributed by atoms with Gasteiger partial charge in [-0.05, 0) is 64.8 Å². The molecule has 0 bridgehead atoms. The molecule has 7 nitrogen and oxygen atoms in total. The average molecular weight is 528 g/mol. The lowest BCUT2D eigenvalue weighted by molar-refractivity contribution is 0.0728. The summed E-state index contributed by atoms with van der Waals surface area (Å²) in [5.41, 5.74) is 3.15. The summed E-state index contributed by atoms with van der Waals surface area (Å²) in [6.07, 6.45) is 0.466. The van der Waals surface area contributed by atoms with Gasteiger partial charge in [-0.3, -0.25) is 4.79 Å². The fourth-order valence-electron chi connectivity index (χ4n) is 4.14. The van der Waals surface area contributed by atoms with Crippen LogP contribution in [-0.2, 0) is 13.0 Å². The maximum atomic E-state index is 13.0. The van der Waals surface area contributed by atoms with Gasteiger partial charge in [0.1, 0.15) is 11.2 Å². The molecule has 0 spiro atoms. The number of fused-ring (bicyclic) bond motifs is 3. The van der Waals surface area contributed by atoms with Gasteiger partial charge in [0.2, 0.25) is 0 Å². The van der Waals surface area contributed by atoms with E-state index >= 15 is 0 Å². The Morgan fingerprint density at radius 3 is 2.79 bits per heavy atom. The van der Waals surface area contributed by atoms with Crippen molar-refractivity contribution in [1.82, 2.24) is 10.2 Å². The molecular formula is C24H22BrN3O4S. The lowest BCUT2D eigenvalue weighted by Gasteiger charge is -2.27. The average Bonchev–Trinajstić information content (AvgIpc) is 3.17. The number of hydrogen-bond acceptors (Lipinski definition) is 7. The first-order chi connectivity index (χ1) is 15.9. The first-order valence-electron chi connectivity index (χ1n) is 10.5. The molecule has 0 saturated carbocycles. The van der Waals surface area contributed by atoms with Gasteiger partial charge >= 0.3 is 5.97 Å². The van der Waals surface area contributed by atoms with Crippen molar-refractivity contribution in [1.29, 1.82) is 0 Å². The van der Waals surface area contributed by atoms with Crippen molar-refractivity contribution in [2.24, 2.45) is 0 Å². The number of hydrogen-bond donors (Lipinski definition) is 2. The summed E-state index contributed by atoms with van der Waals surface area (Å²) in [6.45, 7) is 1.81. The van der Waals surface area contributed by atoms with Crippen LogP contribution >= 0.6 is 27.3 Å². The maximum absolute atomic E-state index is 13.0. The highest BCUT2D eigenvalue weighted by atomic mass is 79.9. The second kappa shape index (κ2) is 8.81. The number of anilines is 1. The molecule has 1 amide bonds. The monoisotopic (exact) mass is 527 g/mol. The van der Waals surface area contributed by atoms with E-state index < -0.39 is 12.1 Å². The number of carbonyl (C=O) groups is 2. The van der Waals surface area contributed by atoms with Gasteiger partial charge in [-0.1, -0.05) is 18.2 Å². The molecule has 33 heavy (non-hydrogen) atoms. The van der Waals surface area contributed by atoms with Crippen LogP contribution in [0.15, 0.2) is 46.9 Å². The maximum Gasteiger partial charge on any atom is 0.344 e. The molecule has 0 saturated heterocycles. The summed E-state index contributed by atoms with van der Waals surface area (Å²) < 4.78 is 11.7. The van der Waals surface area contributed by atoms with E-state index in [0.29, 0.717) is 21.5 Å². The second-order valence-corrected chi connectivity index (χ2v) is 9.99. The molecule has 0 aliphatic carbocycles. The predicted octanol–water partition coefficient (Wildman–Crippen LogP) is 4.58. The Hall–Kier alpha value is -2.88. The van der Waals surface area contributed by atoms with Crippen molar-refractivity contribution in [3.8, 4) is 11.5 Å². The Kier molecular flexibility index (Phi) is 5.86. The summed E-state index contributed by atoms with van der Waals surface area (Å²) in [4.78, 5) is 29.1. The Labute approximate surface area is 203 Å². The minimum Gasteiger partial charge on any atom is -0.493 e. The van der Waals surface area contributed by atoms with Crippen LogP contribution in [0.2, 0.25) is 0 Å². The molecule has 1 atom stereocenters. The normalized spacial score (nSPS) is 17.4. The molecule has 2 N–H and O–H groups in total. The van der Waals surface area contributed by atoms with E-state index in [9.17, 15) is 9.59 Å². The summed E-state index contributed by atoms with van der Waals surface area (Å²) in [5.74, 6) is 0.150. The van der Waals surface area contributed by atoms with Crippen LogP contribution in [0, 0.1) is 0 Å². The van der Waals surface area contributed by atoms with Crippen LogP contribution < -0.4 is 20.1 Å². The predicted molar refractivity (Wildman–Crippen MR) is 130 cm³/mol. The summed E-state index contributed by atoms with van der Waals surface area (Å²) in [7, 11) is 3.61. The number of thiophene rings is 1. The van der Waals surface area contributed by atoms with E-state index in [1.807, 2.05) is 12.1 Å². The lowest BCUT2D eigenvalue weighted by Crippen LogP contribution is -2.38. The number of benzene rings is 2. The Morgan fingerprint density at radius 2 is 2.00 bits per heavy atom. The number of carbonyl (C=O) groups excluding carboxylic acids is 2. The van der Waals surface area contributed by atoms with E-state index in [0.717, 1.165) is 41.2 Å². The Bertz CT molecular complexity index is 1260. The fourth-order valence-corrected chi connectivity index (χ4v) is 5.94. The third-order valence-electron chi connectivity index (χ3n) is 5.84. The molecule has 0 unspecified atom stereocenters. The summed E-state index contributed by atoms with van der Waals surface area (Å²) in [6, 6.07) is 12.3. The highest BCUT2D eigenvalue weighted by Gasteiger charge is 2.33. The molecule has 0 radical (unpaired) electrons. The van der Waals surface area contributed by atoms with Crippen molar-refractivity contribution in [2.45, 2.75) is 19.1 Å². The van der Waals surface area contributed by atoms with Gasteiger partial charge in [0, 0.05) is 22.4 Å². The molecule has 2 aromatic carbocycles. The first-order valence-corrected chi connectivity index (χ1v) is 12.1. The number of amides is 1. The van der Waals surface area contributed by atoms with Crippen molar-refractivity contribution < 1.29 is 19.1 Å². The largest absolute Gasteiger partial charge is 0.493 e. The SMILES string of the molecule is COc1cc([C@H]2NC(=O)c3c(sc4c3CCN(C)C4)N2)ccc1OC(=O)c1ccccc1Br. The molecule has 2 aliphatic heterocycles. The van der Waals surface area contributed by atoms with Crippen molar-refractivity contribution in [2.75, 3.05) is 26.0 Å². The van der Waals surface area contributed by atoms with E-state index in [1.165, 1.54) is 12.0 Å². The molecule has 0 fully saturated rings. The topological polar surface area (TPSA) is 79.9 Å². The third kappa shape index (κ3) is 4.12. The highest BCUT2D eigenvalue weighted by molar-refractivity contribution is 9.10. The molecule has 5 rings (SSSR count). The van der Waals surface area contributed by atoms with Gasteiger partial charge in [-0.25, -0.2) is 4.79 Å². The van der Waals surface area contributed by atoms with E-state index in [4.69, 9.17) is 9.47 Å². The third-order valence-corrected chi connectivity index (χ3v) is 7.68. The van der Waals surface area contributed by atoms with Crippen LogP contribution in [-0.4, -0.2) is 37.5 Å². The number of nitrogens with one attached hydrogen (secondary N) is 2. The van der Waals surface area contributed by atoms with Gasteiger partial charge in [0.25, 0.3) is 5.91 Å². The molecule has 3 heterocycles. The number of esters is 1. The van der Waals surface area contributed by atoms with Crippen LogP contribution in [0.1, 0.15) is 42.9 Å². The minimum absolute atomic E-state index is 0.0702. The van der Waals surface area contributed by atoms with Gasteiger partial charge < -0.3 is 25.0 Å². The van der Waals surface area contributed by atoms with Crippen LogP contribution in [0.25, 0.3) is 0 Å². The molecule has 1 aromatic heterocycles.